The van der Waals surface area contributed by atoms with Crippen LogP contribution in [0.15, 0.2) is 60.7 Å². The molecular formula is C23H27NO4. The van der Waals surface area contributed by atoms with Crippen molar-refractivity contribution in [1.29, 1.82) is 0 Å². The number of ether oxygens (including phenoxy) is 2. The van der Waals surface area contributed by atoms with Gasteiger partial charge in [-0.05, 0) is 29.9 Å². The first-order valence-electron chi connectivity index (χ1n) is 9.71. The fourth-order valence-corrected chi connectivity index (χ4v) is 3.94. The summed E-state index contributed by atoms with van der Waals surface area (Å²) < 4.78 is 9.74. The van der Waals surface area contributed by atoms with Crippen molar-refractivity contribution in [2.75, 3.05) is 33.4 Å². The van der Waals surface area contributed by atoms with E-state index in [0.29, 0.717) is 12.5 Å². The first kappa shape index (κ1) is 20.1. The van der Waals surface area contributed by atoms with Gasteiger partial charge in [-0.1, -0.05) is 60.7 Å². The molecule has 1 atom stereocenters. The maximum atomic E-state index is 12.6. The molecule has 1 saturated heterocycles. The van der Waals surface area contributed by atoms with Crippen LogP contribution in [0.5, 0.6) is 0 Å². The van der Waals surface area contributed by atoms with Crippen LogP contribution in [0.3, 0.4) is 0 Å². The van der Waals surface area contributed by atoms with E-state index in [-0.39, 0.29) is 25.0 Å². The Morgan fingerprint density at radius 1 is 1.00 bits per heavy atom. The van der Waals surface area contributed by atoms with Crippen LogP contribution < -0.4 is 0 Å². The Hall–Kier alpha value is -2.66. The Labute approximate surface area is 166 Å². The van der Waals surface area contributed by atoms with Crippen molar-refractivity contribution in [1.82, 2.24) is 4.90 Å². The van der Waals surface area contributed by atoms with E-state index in [4.69, 9.17) is 4.74 Å². The van der Waals surface area contributed by atoms with Gasteiger partial charge < -0.3 is 14.4 Å². The maximum Gasteiger partial charge on any atom is 0.331 e. The second kappa shape index (κ2) is 10.0. The van der Waals surface area contributed by atoms with E-state index < -0.39 is 5.97 Å². The predicted octanol–water partition coefficient (Wildman–Crippen LogP) is 3.25. The lowest BCUT2D eigenvalue weighted by molar-refractivity contribution is -0.149. The molecule has 1 heterocycles. The van der Waals surface area contributed by atoms with Crippen LogP contribution >= 0.6 is 0 Å². The highest BCUT2D eigenvalue weighted by Crippen LogP contribution is 2.37. The van der Waals surface area contributed by atoms with Gasteiger partial charge in [-0.2, -0.15) is 0 Å². The summed E-state index contributed by atoms with van der Waals surface area (Å²) in [6.45, 7) is 1.13. The van der Waals surface area contributed by atoms with Gasteiger partial charge in [0.15, 0.2) is 0 Å². The molecule has 0 aliphatic carbocycles. The smallest absolute Gasteiger partial charge is 0.331 e. The Morgan fingerprint density at radius 2 is 1.61 bits per heavy atom. The molecule has 0 saturated carbocycles. The molecule has 0 radical (unpaired) electrons. The normalized spacial score (nSPS) is 16.8. The van der Waals surface area contributed by atoms with Crippen LogP contribution in [-0.2, 0) is 19.1 Å². The zero-order chi connectivity index (χ0) is 19.8. The molecule has 5 heteroatoms. The van der Waals surface area contributed by atoms with Crippen molar-refractivity contribution >= 4 is 11.9 Å². The number of methoxy groups -OCH3 is 1. The molecule has 0 N–H and O–H groups in total. The van der Waals surface area contributed by atoms with Crippen molar-refractivity contribution in [2.45, 2.75) is 18.8 Å². The summed E-state index contributed by atoms with van der Waals surface area (Å²) in [5.74, 6) is 0.0307. The molecule has 3 rings (SSSR count). The molecule has 5 nitrogen and oxygen atoms in total. The minimum Gasteiger partial charge on any atom is -0.467 e. The lowest BCUT2D eigenvalue weighted by Crippen LogP contribution is -2.43. The van der Waals surface area contributed by atoms with E-state index in [1.54, 1.807) is 0 Å². The van der Waals surface area contributed by atoms with Gasteiger partial charge in [0.25, 0.3) is 0 Å². The van der Waals surface area contributed by atoms with Gasteiger partial charge in [0, 0.05) is 19.0 Å². The summed E-state index contributed by atoms with van der Waals surface area (Å²) in [7, 11) is 1.30. The van der Waals surface area contributed by atoms with Gasteiger partial charge in [0.1, 0.15) is 13.2 Å². The fraction of sp³-hybridized carbons (Fsp3) is 0.391. The number of hydrogen-bond acceptors (Lipinski definition) is 4. The number of carbonyl (C=O) groups is 2. The monoisotopic (exact) mass is 381 g/mol. The molecule has 1 amide bonds. The van der Waals surface area contributed by atoms with E-state index >= 15 is 0 Å². The minimum atomic E-state index is -0.475. The third-order valence-corrected chi connectivity index (χ3v) is 5.27. The van der Waals surface area contributed by atoms with Gasteiger partial charge in [0.2, 0.25) is 5.91 Å². The number of benzene rings is 2. The average Bonchev–Trinajstić information content (AvgIpc) is 2.75. The van der Waals surface area contributed by atoms with Crippen LogP contribution in [-0.4, -0.2) is 50.2 Å². The summed E-state index contributed by atoms with van der Waals surface area (Å²) in [5, 5.41) is 0. The second-order valence-corrected chi connectivity index (χ2v) is 7.11. The summed E-state index contributed by atoms with van der Waals surface area (Å²) in [5.41, 5.74) is 2.55. The highest BCUT2D eigenvalue weighted by Gasteiger charge is 2.31. The number of likely N-dealkylation sites (tertiary alicyclic amines) is 1. The van der Waals surface area contributed by atoms with Crippen molar-refractivity contribution in [3.8, 4) is 0 Å². The predicted molar refractivity (Wildman–Crippen MR) is 107 cm³/mol. The SMILES string of the molecule is COC(=O)COCC(=O)N1CCCC(C(c2ccccc2)c2ccccc2)C1. The Balaban J connectivity index is 1.71. The van der Waals surface area contributed by atoms with Gasteiger partial charge in [0.05, 0.1) is 7.11 Å². The summed E-state index contributed by atoms with van der Waals surface area (Å²) in [6.07, 6.45) is 2.03. The quantitative estimate of drug-likeness (QED) is 0.691. The molecule has 2 aromatic carbocycles. The van der Waals surface area contributed by atoms with Crippen molar-refractivity contribution in [3.05, 3.63) is 71.8 Å². The molecule has 1 unspecified atom stereocenters. The molecule has 0 spiro atoms. The fourth-order valence-electron chi connectivity index (χ4n) is 3.94. The molecular weight excluding hydrogens is 354 g/mol. The molecule has 1 aliphatic rings. The standard InChI is InChI=1S/C23H27NO4/c1-27-22(26)17-28-16-21(25)24-14-8-13-20(15-24)23(18-9-4-2-5-10-18)19-11-6-3-7-12-19/h2-7,9-12,20,23H,8,13-17H2,1H3. The van der Waals surface area contributed by atoms with E-state index in [1.165, 1.54) is 18.2 Å². The van der Waals surface area contributed by atoms with Crippen molar-refractivity contribution < 1.29 is 19.1 Å². The van der Waals surface area contributed by atoms with Crippen LogP contribution in [0.1, 0.15) is 29.9 Å². The highest BCUT2D eigenvalue weighted by molar-refractivity contribution is 5.78. The largest absolute Gasteiger partial charge is 0.467 e. The van der Waals surface area contributed by atoms with Gasteiger partial charge in [-0.15, -0.1) is 0 Å². The Morgan fingerprint density at radius 3 is 2.18 bits per heavy atom. The number of nitrogens with zero attached hydrogens (tertiary/aromatic N) is 1. The third-order valence-electron chi connectivity index (χ3n) is 5.27. The van der Waals surface area contributed by atoms with Gasteiger partial charge in [-0.3, -0.25) is 4.79 Å². The summed E-state index contributed by atoms with van der Waals surface area (Å²) >= 11 is 0. The maximum absolute atomic E-state index is 12.6. The van der Waals surface area contributed by atoms with E-state index in [1.807, 2.05) is 17.0 Å². The molecule has 0 aromatic heterocycles. The lowest BCUT2D eigenvalue weighted by Gasteiger charge is -2.37. The zero-order valence-corrected chi connectivity index (χ0v) is 16.3. The van der Waals surface area contributed by atoms with Crippen LogP contribution in [0.25, 0.3) is 0 Å². The Kier molecular flexibility index (Phi) is 7.20. The average molecular weight is 381 g/mol. The molecule has 148 valence electrons. The number of rotatable bonds is 7. The van der Waals surface area contributed by atoms with Gasteiger partial charge in [-0.25, -0.2) is 4.79 Å². The first-order chi connectivity index (χ1) is 13.7. The van der Waals surface area contributed by atoms with Crippen LogP contribution in [0.2, 0.25) is 0 Å². The van der Waals surface area contributed by atoms with E-state index in [2.05, 4.69) is 53.3 Å². The minimum absolute atomic E-state index is 0.0755. The number of amides is 1. The Bertz CT molecular complexity index is 723. The first-order valence-corrected chi connectivity index (χ1v) is 9.71. The molecule has 2 aromatic rings. The van der Waals surface area contributed by atoms with E-state index in [9.17, 15) is 9.59 Å². The molecule has 1 fully saturated rings. The third kappa shape index (κ3) is 5.20. The van der Waals surface area contributed by atoms with Crippen LogP contribution in [0.4, 0.5) is 0 Å². The second-order valence-electron chi connectivity index (χ2n) is 7.11. The number of esters is 1. The van der Waals surface area contributed by atoms with Crippen LogP contribution in [0, 0.1) is 5.92 Å². The highest BCUT2D eigenvalue weighted by atomic mass is 16.6. The summed E-state index contributed by atoms with van der Waals surface area (Å²) in [6, 6.07) is 21.0. The van der Waals surface area contributed by atoms with Gasteiger partial charge >= 0.3 is 5.97 Å². The molecule has 1 aliphatic heterocycles. The lowest BCUT2D eigenvalue weighted by atomic mass is 9.77. The summed E-state index contributed by atoms with van der Waals surface area (Å²) in [4.78, 5) is 25.6. The topological polar surface area (TPSA) is 55.8 Å². The number of piperidine rings is 1. The zero-order valence-electron chi connectivity index (χ0n) is 16.3. The van der Waals surface area contributed by atoms with Crippen molar-refractivity contribution in [2.24, 2.45) is 5.92 Å². The van der Waals surface area contributed by atoms with Crippen molar-refractivity contribution in [3.63, 3.8) is 0 Å². The molecule has 28 heavy (non-hydrogen) atoms. The van der Waals surface area contributed by atoms with E-state index in [0.717, 1.165) is 19.4 Å². The number of hydrogen-bond donors (Lipinski definition) is 0. The molecule has 0 bridgehead atoms. The number of carbonyl (C=O) groups excluding carboxylic acids is 2.